The van der Waals surface area contributed by atoms with Gasteiger partial charge in [-0.05, 0) is 53.4 Å². The first kappa shape index (κ1) is 17.3. The van der Waals surface area contributed by atoms with Crippen LogP contribution in [0.2, 0.25) is 0 Å². The smallest absolute Gasteiger partial charge is 0.0714 e. The zero-order valence-corrected chi connectivity index (χ0v) is 15.9. The maximum atomic E-state index is 4.92. The number of fused-ring (bicyclic) bond motifs is 1. The maximum Gasteiger partial charge on any atom is 0.0714 e. The summed E-state index contributed by atoms with van der Waals surface area (Å²) in [6.45, 7) is 5.05. The van der Waals surface area contributed by atoms with Crippen LogP contribution >= 0.6 is 0 Å². The predicted octanol–water partition coefficient (Wildman–Crippen LogP) is 6.38. The molecule has 2 nitrogen and oxygen atoms in total. The van der Waals surface area contributed by atoms with Crippen LogP contribution in [0.4, 0.5) is 5.69 Å². The number of nitrogens with zero attached hydrogens (tertiary/aromatic N) is 1. The number of anilines is 1. The molecule has 134 valence electrons. The highest BCUT2D eigenvalue weighted by Gasteiger charge is 2.12. The van der Waals surface area contributed by atoms with E-state index in [4.69, 9.17) is 4.98 Å². The Labute approximate surface area is 160 Å². The Morgan fingerprint density at radius 3 is 2.48 bits per heavy atom. The highest BCUT2D eigenvalue weighted by Crippen LogP contribution is 2.32. The second-order valence-corrected chi connectivity index (χ2v) is 6.86. The standard InChI is InChI=1S/C25H24N2/c1-3-21-11-8-14-24(27-21)25-20(16-15-19-10-5-6-12-22(19)25)17-26-23-13-7-4-9-18(23)2/h4-16,26H,3,17H2,1-2H3. The van der Waals surface area contributed by atoms with E-state index in [9.17, 15) is 0 Å². The van der Waals surface area contributed by atoms with Gasteiger partial charge in [-0.3, -0.25) is 4.98 Å². The van der Waals surface area contributed by atoms with E-state index in [-0.39, 0.29) is 0 Å². The number of para-hydroxylation sites is 1. The molecule has 0 amide bonds. The van der Waals surface area contributed by atoms with Crippen molar-refractivity contribution in [1.82, 2.24) is 4.98 Å². The van der Waals surface area contributed by atoms with Gasteiger partial charge in [0, 0.05) is 23.5 Å². The summed E-state index contributed by atoms with van der Waals surface area (Å²) >= 11 is 0. The average molecular weight is 352 g/mol. The Balaban J connectivity index is 1.81. The van der Waals surface area contributed by atoms with Crippen LogP contribution in [0.1, 0.15) is 23.7 Å². The summed E-state index contributed by atoms with van der Waals surface area (Å²) in [5.74, 6) is 0. The average Bonchev–Trinajstić information content (AvgIpc) is 2.72. The third-order valence-electron chi connectivity index (χ3n) is 5.05. The van der Waals surface area contributed by atoms with Gasteiger partial charge in [-0.15, -0.1) is 0 Å². The largest absolute Gasteiger partial charge is 0.381 e. The number of benzene rings is 3. The molecule has 1 aromatic heterocycles. The lowest BCUT2D eigenvalue weighted by molar-refractivity contribution is 1.04. The summed E-state index contributed by atoms with van der Waals surface area (Å²) in [7, 11) is 0. The normalized spacial score (nSPS) is 10.9. The predicted molar refractivity (Wildman–Crippen MR) is 115 cm³/mol. The molecule has 4 rings (SSSR count). The molecule has 0 radical (unpaired) electrons. The lowest BCUT2D eigenvalue weighted by Gasteiger charge is -2.16. The van der Waals surface area contributed by atoms with Crippen molar-refractivity contribution in [2.24, 2.45) is 0 Å². The van der Waals surface area contributed by atoms with E-state index in [1.54, 1.807) is 0 Å². The summed E-state index contributed by atoms with van der Waals surface area (Å²) in [4.78, 5) is 4.92. The van der Waals surface area contributed by atoms with Gasteiger partial charge >= 0.3 is 0 Å². The molecule has 0 atom stereocenters. The Morgan fingerprint density at radius 2 is 1.63 bits per heavy atom. The van der Waals surface area contributed by atoms with Crippen molar-refractivity contribution in [2.75, 3.05) is 5.32 Å². The van der Waals surface area contributed by atoms with Crippen molar-refractivity contribution < 1.29 is 0 Å². The molecule has 3 aromatic carbocycles. The summed E-state index contributed by atoms with van der Waals surface area (Å²) in [6.07, 6.45) is 0.940. The SMILES string of the molecule is CCc1cccc(-c2c(CNc3ccccc3C)ccc3ccccc23)n1. The Hall–Kier alpha value is -3.13. The second-order valence-electron chi connectivity index (χ2n) is 6.86. The first-order valence-electron chi connectivity index (χ1n) is 9.52. The second kappa shape index (κ2) is 7.63. The molecule has 27 heavy (non-hydrogen) atoms. The van der Waals surface area contributed by atoms with Gasteiger partial charge in [-0.2, -0.15) is 0 Å². The molecule has 0 fully saturated rings. The van der Waals surface area contributed by atoms with Crippen LogP contribution in [-0.4, -0.2) is 4.98 Å². The summed E-state index contributed by atoms with van der Waals surface area (Å²) in [5, 5.41) is 6.10. The van der Waals surface area contributed by atoms with Gasteiger partial charge < -0.3 is 5.32 Å². The van der Waals surface area contributed by atoms with Gasteiger partial charge in [-0.25, -0.2) is 0 Å². The fraction of sp³-hybridized carbons (Fsp3) is 0.160. The Morgan fingerprint density at radius 1 is 0.815 bits per heavy atom. The minimum absolute atomic E-state index is 0.767. The van der Waals surface area contributed by atoms with Gasteiger partial charge in [0.1, 0.15) is 0 Å². The number of aromatic nitrogens is 1. The van der Waals surface area contributed by atoms with Crippen LogP contribution in [0.3, 0.4) is 0 Å². The van der Waals surface area contributed by atoms with Gasteiger partial charge in [0.25, 0.3) is 0 Å². The molecule has 0 aliphatic rings. The van der Waals surface area contributed by atoms with E-state index in [1.165, 1.54) is 33.2 Å². The van der Waals surface area contributed by atoms with Crippen LogP contribution in [0, 0.1) is 6.92 Å². The maximum absolute atomic E-state index is 4.92. The van der Waals surface area contributed by atoms with Crippen LogP contribution in [-0.2, 0) is 13.0 Å². The first-order valence-corrected chi connectivity index (χ1v) is 9.52. The first-order chi connectivity index (χ1) is 13.3. The lowest BCUT2D eigenvalue weighted by Crippen LogP contribution is -2.04. The van der Waals surface area contributed by atoms with E-state index in [1.807, 2.05) is 0 Å². The zero-order chi connectivity index (χ0) is 18.6. The molecule has 0 saturated carbocycles. The number of hydrogen-bond donors (Lipinski definition) is 1. The number of pyridine rings is 1. The van der Waals surface area contributed by atoms with Gasteiger partial charge in [0.2, 0.25) is 0 Å². The van der Waals surface area contributed by atoms with Gasteiger partial charge in [0.05, 0.1) is 5.69 Å². The van der Waals surface area contributed by atoms with Crippen LogP contribution < -0.4 is 5.32 Å². The Bertz CT molecular complexity index is 1080. The molecule has 0 bridgehead atoms. The zero-order valence-electron chi connectivity index (χ0n) is 15.9. The summed E-state index contributed by atoms with van der Waals surface area (Å²) < 4.78 is 0. The molecule has 4 aromatic rings. The molecule has 1 heterocycles. The van der Waals surface area contributed by atoms with E-state index in [0.717, 1.165) is 24.4 Å². The van der Waals surface area contributed by atoms with Crippen molar-refractivity contribution in [2.45, 2.75) is 26.8 Å². The van der Waals surface area contributed by atoms with E-state index < -0.39 is 0 Å². The number of rotatable bonds is 5. The molecule has 0 spiro atoms. The highest BCUT2D eigenvalue weighted by molar-refractivity contribution is 5.97. The summed E-state index contributed by atoms with van der Waals surface area (Å²) in [6, 6.07) is 27.7. The van der Waals surface area contributed by atoms with Crippen LogP contribution in [0.5, 0.6) is 0 Å². The quantitative estimate of drug-likeness (QED) is 0.450. The van der Waals surface area contributed by atoms with Gasteiger partial charge in [-0.1, -0.05) is 67.6 Å². The van der Waals surface area contributed by atoms with Crippen molar-refractivity contribution >= 4 is 16.5 Å². The molecule has 0 unspecified atom stereocenters. The molecule has 0 aliphatic carbocycles. The van der Waals surface area contributed by atoms with Crippen molar-refractivity contribution in [3.8, 4) is 11.3 Å². The molecular weight excluding hydrogens is 328 g/mol. The topological polar surface area (TPSA) is 24.9 Å². The van der Waals surface area contributed by atoms with Crippen LogP contribution in [0.25, 0.3) is 22.0 Å². The number of hydrogen-bond acceptors (Lipinski definition) is 2. The fourth-order valence-corrected chi connectivity index (χ4v) is 3.54. The number of aryl methyl sites for hydroxylation is 2. The monoisotopic (exact) mass is 352 g/mol. The van der Waals surface area contributed by atoms with E-state index >= 15 is 0 Å². The minimum atomic E-state index is 0.767. The molecule has 2 heteroatoms. The third-order valence-corrected chi connectivity index (χ3v) is 5.05. The van der Waals surface area contributed by atoms with E-state index in [2.05, 4.69) is 98.0 Å². The van der Waals surface area contributed by atoms with Crippen molar-refractivity contribution in [3.05, 3.63) is 95.7 Å². The van der Waals surface area contributed by atoms with Gasteiger partial charge in [0.15, 0.2) is 0 Å². The molecule has 1 N–H and O–H groups in total. The minimum Gasteiger partial charge on any atom is -0.381 e. The molecule has 0 saturated heterocycles. The van der Waals surface area contributed by atoms with Crippen molar-refractivity contribution in [1.29, 1.82) is 0 Å². The highest BCUT2D eigenvalue weighted by atomic mass is 14.9. The lowest BCUT2D eigenvalue weighted by atomic mass is 9.95. The van der Waals surface area contributed by atoms with E-state index in [0.29, 0.717) is 0 Å². The van der Waals surface area contributed by atoms with Crippen LogP contribution in [0.15, 0.2) is 78.9 Å². The summed E-state index contributed by atoms with van der Waals surface area (Å²) in [5.41, 5.74) is 7.09. The molecular formula is C25H24N2. The molecule has 0 aliphatic heterocycles. The fourth-order valence-electron chi connectivity index (χ4n) is 3.54. The third kappa shape index (κ3) is 3.56. The van der Waals surface area contributed by atoms with Crippen molar-refractivity contribution in [3.63, 3.8) is 0 Å². The number of nitrogens with one attached hydrogen (secondary N) is 1. The Kier molecular flexibility index (Phi) is 4.88.